The van der Waals surface area contributed by atoms with E-state index in [1.165, 1.54) is 23.7 Å². The summed E-state index contributed by atoms with van der Waals surface area (Å²) in [6.45, 7) is 2.52. The Labute approximate surface area is 164 Å². The van der Waals surface area contributed by atoms with Crippen LogP contribution in [0.2, 0.25) is 4.47 Å². The highest BCUT2D eigenvalue weighted by atomic mass is 35.5. The van der Waals surface area contributed by atoms with Crippen molar-refractivity contribution in [2.24, 2.45) is 0 Å². The van der Waals surface area contributed by atoms with E-state index in [2.05, 4.69) is 25.2 Å². The van der Waals surface area contributed by atoms with E-state index >= 15 is 0 Å². The Morgan fingerprint density at radius 2 is 2.15 bits per heavy atom. The minimum absolute atomic E-state index is 0.0961. The maximum absolute atomic E-state index is 13.5. The molecule has 9 heteroatoms. The Bertz CT molecular complexity index is 1010. The Kier molecular flexibility index (Phi) is 5.16. The summed E-state index contributed by atoms with van der Waals surface area (Å²) in [5, 5.41) is 12.4. The molecule has 1 aliphatic rings. The lowest BCUT2D eigenvalue weighted by atomic mass is 10.0. The summed E-state index contributed by atoms with van der Waals surface area (Å²) in [7, 11) is 0. The van der Waals surface area contributed by atoms with Crippen LogP contribution < -0.4 is 5.32 Å². The molecule has 0 radical (unpaired) electrons. The number of halogens is 2. The topological polar surface area (TPSA) is 77.7 Å². The van der Waals surface area contributed by atoms with Crippen molar-refractivity contribution < 1.29 is 4.39 Å². The number of nitrogens with zero attached hydrogens (tertiary/aromatic N) is 5. The smallest absolute Gasteiger partial charge is 0.186 e. The van der Waals surface area contributed by atoms with Gasteiger partial charge in [-0.05, 0) is 30.5 Å². The van der Waals surface area contributed by atoms with Crippen LogP contribution in [0.25, 0.3) is 10.3 Å². The molecule has 0 aliphatic carbocycles. The second kappa shape index (κ2) is 7.72. The molecule has 4 rings (SSSR count). The lowest BCUT2D eigenvalue weighted by molar-refractivity contribution is 0.211. The molecule has 1 saturated heterocycles. The monoisotopic (exact) mass is 402 g/mol. The zero-order chi connectivity index (χ0) is 18.8. The zero-order valence-electron chi connectivity index (χ0n) is 14.3. The largest absolute Gasteiger partial charge is 0.365 e. The van der Waals surface area contributed by atoms with Gasteiger partial charge in [0.2, 0.25) is 0 Å². The number of anilines is 1. The van der Waals surface area contributed by atoms with Crippen molar-refractivity contribution in [2.45, 2.75) is 25.4 Å². The highest BCUT2D eigenvalue weighted by molar-refractivity contribution is 7.21. The van der Waals surface area contributed by atoms with Gasteiger partial charge in [0.05, 0.1) is 5.56 Å². The molecule has 138 valence electrons. The molecule has 0 amide bonds. The van der Waals surface area contributed by atoms with E-state index in [0.717, 1.165) is 42.1 Å². The van der Waals surface area contributed by atoms with Gasteiger partial charge >= 0.3 is 0 Å². The Balaban J connectivity index is 1.37. The summed E-state index contributed by atoms with van der Waals surface area (Å²) >= 11 is 7.33. The van der Waals surface area contributed by atoms with Crippen LogP contribution in [0, 0.1) is 17.1 Å². The fraction of sp³-hybridized carbons (Fsp3) is 0.333. The predicted octanol–water partition coefficient (Wildman–Crippen LogP) is 3.83. The summed E-state index contributed by atoms with van der Waals surface area (Å²) in [5.41, 5.74) is 1.76. The summed E-state index contributed by atoms with van der Waals surface area (Å²) in [6, 6.07) is 6.92. The van der Waals surface area contributed by atoms with Crippen molar-refractivity contribution in [1.82, 2.24) is 19.9 Å². The van der Waals surface area contributed by atoms with Gasteiger partial charge in [0.1, 0.15) is 28.6 Å². The van der Waals surface area contributed by atoms with Gasteiger partial charge < -0.3 is 5.32 Å². The van der Waals surface area contributed by atoms with Gasteiger partial charge in [-0.3, -0.25) is 4.90 Å². The van der Waals surface area contributed by atoms with E-state index in [1.807, 2.05) is 6.07 Å². The second-order valence-electron chi connectivity index (χ2n) is 6.46. The maximum atomic E-state index is 13.5. The molecule has 1 aliphatic heterocycles. The van der Waals surface area contributed by atoms with Crippen LogP contribution in [-0.2, 0) is 6.54 Å². The van der Waals surface area contributed by atoms with Crippen molar-refractivity contribution in [1.29, 1.82) is 5.26 Å². The van der Waals surface area contributed by atoms with Crippen LogP contribution in [0.3, 0.4) is 0 Å². The quantitative estimate of drug-likeness (QED) is 0.714. The molecule has 2 aromatic heterocycles. The van der Waals surface area contributed by atoms with E-state index in [1.54, 1.807) is 12.1 Å². The Morgan fingerprint density at radius 3 is 2.93 bits per heavy atom. The van der Waals surface area contributed by atoms with Gasteiger partial charge in [0, 0.05) is 25.7 Å². The number of thiazole rings is 1. The fourth-order valence-electron chi connectivity index (χ4n) is 3.28. The van der Waals surface area contributed by atoms with Crippen LogP contribution in [0.5, 0.6) is 0 Å². The van der Waals surface area contributed by atoms with Crippen LogP contribution in [0.1, 0.15) is 24.0 Å². The van der Waals surface area contributed by atoms with Crippen LogP contribution >= 0.6 is 22.9 Å². The van der Waals surface area contributed by atoms with E-state index in [-0.39, 0.29) is 5.56 Å². The number of hydrogen-bond acceptors (Lipinski definition) is 7. The summed E-state index contributed by atoms with van der Waals surface area (Å²) in [5.74, 6) is 0.251. The number of fused-ring (bicyclic) bond motifs is 1. The Morgan fingerprint density at radius 1 is 1.33 bits per heavy atom. The molecule has 0 unspecified atom stereocenters. The zero-order valence-corrected chi connectivity index (χ0v) is 15.9. The van der Waals surface area contributed by atoms with E-state index < -0.39 is 5.82 Å². The third kappa shape index (κ3) is 4.00. The second-order valence-corrected chi connectivity index (χ2v) is 8.02. The average molecular weight is 403 g/mol. The molecule has 0 atom stereocenters. The van der Waals surface area contributed by atoms with E-state index in [4.69, 9.17) is 16.9 Å². The SMILES string of the molecule is N#Cc1cc(CN2CCC(Nc3ncnc4sc(Cl)nc34)CC2)ccc1F. The van der Waals surface area contributed by atoms with Crippen LogP contribution in [-0.4, -0.2) is 39.0 Å². The maximum Gasteiger partial charge on any atom is 0.186 e. The molecule has 0 spiro atoms. The van der Waals surface area contributed by atoms with Gasteiger partial charge in [0.25, 0.3) is 0 Å². The minimum Gasteiger partial charge on any atom is -0.365 e. The molecular formula is C18H16ClFN6S. The van der Waals surface area contributed by atoms with Crippen molar-refractivity contribution in [3.8, 4) is 6.07 Å². The normalized spacial score (nSPS) is 15.7. The average Bonchev–Trinajstić information content (AvgIpc) is 3.06. The number of nitrogens with one attached hydrogen (secondary N) is 1. The van der Waals surface area contributed by atoms with Gasteiger partial charge in [-0.15, -0.1) is 0 Å². The number of nitriles is 1. The molecule has 1 aromatic carbocycles. The molecule has 1 N–H and O–H groups in total. The lowest BCUT2D eigenvalue weighted by Crippen LogP contribution is -2.38. The first-order valence-electron chi connectivity index (χ1n) is 8.57. The third-order valence-corrected chi connectivity index (χ3v) is 5.72. The van der Waals surface area contributed by atoms with Gasteiger partial charge in [-0.1, -0.05) is 29.0 Å². The van der Waals surface area contributed by atoms with E-state index in [0.29, 0.717) is 22.6 Å². The lowest BCUT2D eigenvalue weighted by Gasteiger charge is -2.32. The van der Waals surface area contributed by atoms with Crippen molar-refractivity contribution in [2.75, 3.05) is 18.4 Å². The highest BCUT2D eigenvalue weighted by Gasteiger charge is 2.21. The third-order valence-electron chi connectivity index (χ3n) is 4.66. The van der Waals surface area contributed by atoms with Crippen molar-refractivity contribution >= 4 is 39.1 Å². The predicted molar refractivity (Wildman–Crippen MR) is 103 cm³/mol. The van der Waals surface area contributed by atoms with E-state index in [9.17, 15) is 4.39 Å². The molecule has 27 heavy (non-hydrogen) atoms. The number of piperidine rings is 1. The molecule has 0 saturated carbocycles. The molecule has 3 heterocycles. The molecular weight excluding hydrogens is 387 g/mol. The van der Waals surface area contributed by atoms with Crippen LogP contribution in [0.15, 0.2) is 24.5 Å². The number of rotatable bonds is 4. The molecule has 0 bridgehead atoms. The van der Waals surface area contributed by atoms with Gasteiger partial charge in [-0.2, -0.15) is 5.26 Å². The summed E-state index contributed by atoms with van der Waals surface area (Å²) < 4.78 is 13.9. The summed E-state index contributed by atoms with van der Waals surface area (Å²) in [6.07, 6.45) is 3.43. The number of aromatic nitrogens is 3. The highest BCUT2D eigenvalue weighted by Crippen LogP contribution is 2.28. The molecule has 6 nitrogen and oxygen atoms in total. The summed E-state index contributed by atoms with van der Waals surface area (Å²) in [4.78, 5) is 15.9. The van der Waals surface area contributed by atoms with Crippen molar-refractivity contribution in [3.63, 3.8) is 0 Å². The number of benzene rings is 1. The van der Waals surface area contributed by atoms with Gasteiger partial charge in [-0.25, -0.2) is 19.3 Å². The standard InChI is InChI=1S/C18H16ClFN6S/c19-18-25-15-16(22-10-23-17(15)27-18)24-13-3-5-26(6-4-13)9-11-1-2-14(20)12(7-11)8-21/h1-2,7,10,13H,3-6,9H2,(H,22,23,24). The molecule has 3 aromatic rings. The first-order valence-corrected chi connectivity index (χ1v) is 9.76. The minimum atomic E-state index is -0.470. The van der Waals surface area contributed by atoms with Crippen molar-refractivity contribution in [3.05, 3.63) is 45.9 Å². The number of likely N-dealkylation sites (tertiary alicyclic amines) is 1. The fourth-order valence-corrected chi connectivity index (χ4v) is 4.22. The Hall–Kier alpha value is -2.34. The van der Waals surface area contributed by atoms with Crippen LogP contribution in [0.4, 0.5) is 10.2 Å². The first kappa shape index (κ1) is 18.0. The number of hydrogen-bond donors (Lipinski definition) is 1. The first-order chi connectivity index (χ1) is 13.1. The molecule has 1 fully saturated rings. The van der Waals surface area contributed by atoms with Gasteiger partial charge in [0.15, 0.2) is 10.3 Å².